The van der Waals surface area contributed by atoms with Crippen LogP contribution in [0.5, 0.6) is 5.75 Å². The number of phenols is 1. The first-order valence-corrected chi connectivity index (χ1v) is 13.4. The summed E-state index contributed by atoms with van der Waals surface area (Å²) in [6, 6.07) is 9.19. The summed E-state index contributed by atoms with van der Waals surface area (Å²) >= 11 is 10.7. The molecule has 0 bridgehead atoms. The average molecular weight is 564 g/mol. The molecule has 0 aliphatic heterocycles. The van der Waals surface area contributed by atoms with Gasteiger partial charge in [-0.3, -0.25) is 9.59 Å². The first-order valence-electron chi connectivity index (χ1n) is 12.4. The van der Waals surface area contributed by atoms with Crippen molar-refractivity contribution >= 4 is 47.8 Å². The quantitative estimate of drug-likeness (QED) is 0.285. The normalized spacial score (nSPS) is 13.3. The number of carbonyl (C=O) groups excluding carboxylic acids is 3. The maximum Gasteiger partial charge on any atom is 0.408 e. The molecule has 0 heterocycles. The van der Waals surface area contributed by atoms with Gasteiger partial charge in [-0.2, -0.15) is 12.6 Å². The van der Waals surface area contributed by atoms with E-state index in [-0.39, 0.29) is 17.1 Å². The number of halogens is 1. The number of phenolic OH excluding ortho intramolecular Hbond substituents is 1. The van der Waals surface area contributed by atoms with Gasteiger partial charge in [0.2, 0.25) is 5.91 Å². The first kappa shape index (κ1) is 31.3. The van der Waals surface area contributed by atoms with Crippen LogP contribution in [0, 0.1) is 6.92 Å². The molecule has 2 unspecified atom stereocenters. The fourth-order valence-corrected chi connectivity index (χ4v) is 4.36. The molecule has 0 fully saturated rings. The lowest BCUT2D eigenvalue weighted by Gasteiger charge is -2.44. The van der Waals surface area contributed by atoms with Crippen molar-refractivity contribution < 1.29 is 24.2 Å². The standard InChI is InChI=1S/C28H38ClN3O5S/c1-8-28(6,7)32(25(35)20(16-38)30-26(36)37-27(3,4)5)23(18-13-9-10-15-21(18)33)24(34)31-22-17(2)12-11-14-19(22)29/h9-15,20,23,33,38H,8,16H2,1-7H3,(H,30,36)(H,31,34). The van der Waals surface area contributed by atoms with Crippen molar-refractivity contribution in [3.63, 3.8) is 0 Å². The molecule has 0 spiro atoms. The van der Waals surface area contributed by atoms with Crippen molar-refractivity contribution in [2.24, 2.45) is 0 Å². The minimum absolute atomic E-state index is 0.0485. The van der Waals surface area contributed by atoms with E-state index in [2.05, 4.69) is 23.3 Å². The molecule has 2 rings (SSSR count). The van der Waals surface area contributed by atoms with E-state index in [1.54, 1.807) is 64.1 Å². The highest BCUT2D eigenvalue weighted by molar-refractivity contribution is 7.80. The number of para-hydroxylation sites is 2. The predicted octanol–water partition coefficient (Wildman–Crippen LogP) is 5.87. The lowest BCUT2D eigenvalue weighted by molar-refractivity contribution is -0.147. The summed E-state index contributed by atoms with van der Waals surface area (Å²) in [5, 5.41) is 16.6. The molecule has 0 aliphatic rings. The van der Waals surface area contributed by atoms with Gasteiger partial charge in [-0.15, -0.1) is 0 Å². The summed E-state index contributed by atoms with van der Waals surface area (Å²) in [6.45, 7) is 12.5. The molecule has 0 aromatic heterocycles. The molecular weight excluding hydrogens is 526 g/mol. The Bertz CT molecular complexity index is 1150. The third-order valence-electron chi connectivity index (χ3n) is 6.13. The van der Waals surface area contributed by atoms with E-state index in [1.807, 2.05) is 20.8 Å². The number of hydrogen-bond acceptors (Lipinski definition) is 6. The van der Waals surface area contributed by atoms with Gasteiger partial charge in [-0.25, -0.2) is 4.79 Å². The number of rotatable bonds is 9. The van der Waals surface area contributed by atoms with E-state index >= 15 is 0 Å². The van der Waals surface area contributed by atoms with Gasteiger partial charge in [0, 0.05) is 16.9 Å². The summed E-state index contributed by atoms with van der Waals surface area (Å²) in [4.78, 5) is 42.0. The van der Waals surface area contributed by atoms with Gasteiger partial charge >= 0.3 is 6.09 Å². The lowest BCUT2D eigenvalue weighted by atomic mass is 9.91. The molecule has 0 saturated heterocycles. The molecular formula is C28H38ClN3O5S. The Morgan fingerprint density at radius 2 is 1.71 bits per heavy atom. The fourth-order valence-electron chi connectivity index (χ4n) is 3.85. The van der Waals surface area contributed by atoms with Gasteiger partial charge < -0.3 is 25.4 Å². The second kappa shape index (κ2) is 12.8. The van der Waals surface area contributed by atoms with Crippen molar-refractivity contribution in [2.75, 3.05) is 11.1 Å². The smallest absolute Gasteiger partial charge is 0.408 e. The lowest BCUT2D eigenvalue weighted by Crippen LogP contribution is -2.59. The van der Waals surface area contributed by atoms with E-state index in [0.29, 0.717) is 17.1 Å². The molecule has 0 aliphatic carbocycles. The van der Waals surface area contributed by atoms with Gasteiger partial charge in [0.1, 0.15) is 23.4 Å². The maximum absolute atomic E-state index is 14.1. The number of carbonyl (C=O) groups is 3. The van der Waals surface area contributed by atoms with E-state index in [4.69, 9.17) is 16.3 Å². The zero-order valence-electron chi connectivity index (χ0n) is 23.0. The Labute approximate surface area is 235 Å². The Hall–Kier alpha value is -2.91. The van der Waals surface area contributed by atoms with E-state index in [0.717, 1.165) is 5.56 Å². The van der Waals surface area contributed by atoms with Crippen molar-refractivity contribution in [1.29, 1.82) is 0 Å². The second-order valence-corrected chi connectivity index (χ2v) is 11.4. The molecule has 10 heteroatoms. The van der Waals surface area contributed by atoms with Crippen molar-refractivity contribution in [1.82, 2.24) is 10.2 Å². The number of aromatic hydroxyl groups is 1. The number of alkyl carbamates (subject to hydrolysis) is 1. The number of benzene rings is 2. The number of hydrogen-bond donors (Lipinski definition) is 4. The molecule has 0 saturated carbocycles. The highest BCUT2D eigenvalue weighted by Crippen LogP contribution is 2.37. The Morgan fingerprint density at radius 3 is 2.24 bits per heavy atom. The van der Waals surface area contributed by atoms with Gasteiger partial charge in [-0.1, -0.05) is 48.9 Å². The van der Waals surface area contributed by atoms with Crippen LogP contribution in [0.15, 0.2) is 42.5 Å². The van der Waals surface area contributed by atoms with E-state index in [9.17, 15) is 19.5 Å². The Balaban J connectivity index is 2.64. The molecule has 8 nitrogen and oxygen atoms in total. The minimum atomic E-state index is -1.27. The van der Waals surface area contributed by atoms with E-state index < -0.39 is 41.1 Å². The average Bonchev–Trinajstić information content (AvgIpc) is 2.82. The van der Waals surface area contributed by atoms with Crippen LogP contribution in [0.25, 0.3) is 0 Å². The van der Waals surface area contributed by atoms with Gasteiger partial charge in [-0.05, 0) is 65.7 Å². The van der Waals surface area contributed by atoms with Crippen LogP contribution in [0.1, 0.15) is 65.1 Å². The zero-order chi connectivity index (χ0) is 28.8. The monoisotopic (exact) mass is 563 g/mol. The molecule has 38 heavy (non-hydrogen) atoms. The number of nitrogens with zero attached hydrogens (tertiary/aromatic N) is 1. The first-order chi connectivity index (χ1) is 17.6. The van der Waals surface area contributed by atoms with Crippen LogP contribution in [0.2, 0.25) is 5.02 Å². The third kappa shape index (κ3) is 7.80. The number of anilines is 1. The molecule has 2 aromatic carbocycles. The van der Waals surface area contributed by atoms with E-state index in [1.165, 1.54) is 11.0 Å². The number of ether oxygens (including phenoxy) is 1. The number of amides is 3. The van der Waals surface area contributed by atoms with Crippen LogP contribution in [-0.2, 0) is 14.3 Å². The predicted molar refractivity (Wildman–Crippen MR) is 154 cm³/mol. The summed E-state index contributed by atoms with van der Waals surface area (Å²) in [6.07, 6.45) is -0.318. The van der Waals surface area contributed by atoms with Gasteiger partial charge in [0.15, 0.2) is 0 Å². The van der Waals surface area contributed by atoms with Crippen molar-refractivity contribution in [3.05, 3.63) is 58.6 Å². The maximum atomic E-state index is 14.1. The van der Waals surface area contributed by atoms with Gasteiger partial charge in [0.05, 0.1) is 10.7 Å². The number of thiol groups is 1. The second-order valence-electron chi connectivity index (χ2n) is 10.6. The summed E-state index contributed by atoms with van der Waals surface area (Å²) in [5.74, 6) is -1.34. The fraction of sp³-hybridized carbons (Fsp3) is 0.464. The molecule has 3 N–H and O–H groups in total. The van der Waals surface area contributed by atoms with Crippen LogP contribution in [0.3, 0.4) is 0 Å². The molecule has 2 aromatic rings. The molecule has 208 valence electrons. The Morgan fingerprint density at radius 1 is 1.08 bits per heavy atom. The highest BCUT2D eigenvalue weighted by atomic mass is 35.5. The SMILES string of the molecule is CCC(C)(C)N(C(=O)C(CS)NC(=O)OC(C)(C)C)C(C(=O)Nc1c(C)cccc1Cl)c1ccccc1O. The van der Waals surface area contributed by atoms with Crippen LogP contribution in [0.4, 0.5) is 10.5 Å². The molecule has 0 radical (unpaired) electrons. The van der Waals surface area contributed by atoms with Gasteiger partial charge in [0.25, 0.3) is 5.91 Å². The largest absolute Gasteiger partial charge is 0.508 e. The summed E-state index contributed by atoms with van der Waals surface area (Å²) < 4.78 is 5.34. The minimum Gasteiger partial charge on any atom is -0.508 e. The number of aryl methyl sites for hydroxylation is 1. The topological polar surface area (TPSA) is 108 Å². The third-order valence-corrected chi connectivity index (χ3v) is 6.81. The number of nitrogens with one attached hydrogen (secondary N) is 2. The Kier molecular flexibility index (Phi) is 10.5. The zero-order valence-corrected chi connectivity index (χ0v) is 24.6. The molecule has 2 atom stereocenters. The van der Waals surface area contributed by atoms with Crippen LogP contribution < -0.4 is 10.6 Å². The van der Waals surface area contributed by atoms with Crippen molar-refractivity contribution in [2.45, 2.75) is 78.1 Å². The summed E-state index contributed by atoms with van der Waals surface area (Å²) in [5.41, 5.74) is -0.303. The highest BCUT2D eigenvalue weighted by Gasteiger charge is 2.44. The van der Waals surface area contributed by atoms with Crippen molar-refractivity contribution in [3.8, 4) is 5.75 Å². The summed E-state index contributed by atoms with van der Waals surface area (Å²) in [7, 11) is 0. The molecule has 3 amide bonds. The van der Waals surface area contributed by atoms with Crippen LogP contribution >= 0.6 is 24.2 Å². The van der Waals surface area contributed by atoms with Crippen LogP contribution in [-0.4, -0.2) is 50.8 Å².